The van der Waals surface area contributed by atoms with Crippen LogP contribution in [0.5, 0.6) is 0 Å². The van der Waals surface area contributed by atoms with Crippen LogP contribution < -0.4 is 10.6 Å². The largest absolute Gasteiger partial charge is 0.392 e. The smallest absolute Gasteiger partial charge is 0.239 e. The van der Waals surface area contributed by atoms with Gasteiger partial charge in [0.2, 0.25) is 5.91 Å². The summed E-state index contributed by atoms with van der Waals surface area (Å²) in [7, 11) is 0. The van der Waals surface area contributed by atoms with Crippen LogP contribution >= 0.6 is 22.9 Å². The third-order valence-electron chi connectivity index (χ3n) is 2.93. The van der Waals surface area contributed by atoms with Crippen molar-refractivity contribution in [3.05, 3.63) is 51.2 Å². The molecule has 1 aromatic carbocycles. The van der Waals surface area contributed by atoms with E-state index in [4.69, 9.17) is 16.7 Å². The molecular formula is C15H17ClN2O2S. The zero-order valence-corrected chi connectivity index (χ0v) is 13.0. The quantitative estimate of drug-likeness (QED) is 0.734. The number of carbonyl (C=O) groups is 1. The Balaban J connectivity index is 1.75. The number of anilines is 1. The topological polar surface area (TPSA) is 61.4 Å². The first-order valence-corrected chi connectivity index (χ1v) is 7.87. The lowest BCUT2D eigenvalue weighted by Gasteiger charge is -2.10. The van der Waals surface area contributed by atoms with Gasteiger partial charge in [0.05, 0.1) is 23.9 Å². The summed E-state index contributed by atoms with van der Waals surface area (Å²) in [6.07, 6.45) is 0.837. The summed E-state index contributed by atoms with van der Waals surface area (Å²) < 4.78 is 0. The molecule has 6 heteroatoms. The van der Waals surface area contributed by atoms with Gasteiger partial charge in [-0.15, -0.1) is 11.3 Å². The average Bonchev–Trinajstić information content (AvgIpc) is 3.00. The van der Waals surface area contributed by atoms with Gasteiger partial charge in [0.25, 0.3) is 0 Å². The first kappa shape index (κ1) is 15.8. The fourth-order valence-electron chi connectivity index (χ4n) is 1.82. The Hall–Kier alpha value is -1.56. The molecule has 2 aromatic rings. The van der Waals surface area contributed by atoms with Gasteiger partial charge < -0.3 is 15.7 Å². The number of aliphatic hydroxyl groups is 1. The molecule has 4 nitrogen and oxygen atoms in total. The van der Waals surface area contributed by atoms with E-state index in [0.29, 0.717) is 17.3 Å². The summed E-state index contributed by atoms with van der Waals surface area (Å²) in [5.74, 6) is -0.0861. The van der Waals surface area contributed by atoms with Gasteiger partial charge in [0.15, 0.2) is 0 Å². The summed E-state index contributed by atoms with van der Waals surface area (Å²) in [6.45, 7) is 0.712. The minimum Gasteiger partial charge on any atom is -0.392 e. The zero-order chi connectivity index (χ0) is 15.1. The molecule has 0 fully saturated rings. The molecule has 3 N–H and O–H groups in total. The van der Waals surface area contributed by atoms with Gasteiger partial charge in [0.1, 0.15) is 0 Å². The maximum Gasteiger partial charge on any atom is 0.239 e. The zero-order valence-electron chi connectivity index (χ0n) is 11.4. The average molecular weight is 325 g/mol. The summed E-state index contributed by atoms with van der Waals surface area (Å²) in [4.78, 5) is 13.0. The predicted molar refractivity (Wildman–Crippen MR) is 86.9 cm³/mol. The molecule has 0 bridgehead atoms. The van der Waals surface area contributed by atoms with Crippen molar-refractivity contribution in [2.24, 2.45) is 0 Å². The van der Waals surface area contributed by atoms with Crippen LogP contribution in [0.15, 0.2) is 35.7 Å². The fourth-order valence-corrected chi connectivity index (χ4v) is 2.72. The maximum atomic E-state index is 11.7. The summed E-state index contributed by atoms with van der Waals surface area (Å²) in [5.41, 5.74) is 1.40. The monoisotopic (exact) mass is 324 g/mol. The lowest BCUT2D eigenvalue weighted by Crippen LogP contribution is -2.31. The fraction of sp³-hybridized carbons (Fsp3) is 0.267. The maximum absolute atomic E-state index is 11.7. The van der Waals surface area contributed by atoms with Crippen molar-refractivity contribution in [1.29, 1.82) is 0 Å². The molecule has 0 aliphatic rings. The van der Waals surface area contributed by atoms with Crippen LogP contribution in [0.1, 0.15) is 10.4 Å². The Morgan fingerprint density at radius 3 is 2.90 bits per heavy atom. The highest BCUT2D eigenvalue weighted by atomic mass is 35.5. The Morgan fingerprint density at radius 1 is 1.33 bits per heavy atom. The molecular weight excluding hydrogens is 308 g/mol. The van der Waals surface area contributed by atoms with Gasteiger partial charge in [-0.25, -0.2) is 0 Å². The molecule has 0 unspecified atom stereocenters. The van der Waals surface area contributed by atoms with E-state index in [1.807, 2.05) is 11.4 Å². The van der Waals surface area contributed by atoms with Crippen LogP contribution in [0.3, 0.4) is 0 Å². The summed E-state index contributed by atoms with van der Waals surface area (Å²) in [6, 6.07) is 9.23. The van der Waals surface area contributed by atoms with Crippen molar-refractivity contribution in [1.82, 2.24) is 5.32 Å². The number of amides is 1. The molecule has 1 amide bonds. The number of benzene rings is 1. The van der Waals surface area contributed by atoms with Crippen LogP contribution in [0.25, 0.3) is 0 Å². The lowest BCUT2D eigenvalue weighted by molar-refractivity contribution is -0.119. The second-order valence-electron chi connectivity index (χ2n) is 4.51. The molecule has 0 atom stereocenters. The first-order valence-electron chi connectivity index (χ1n) is 6.61. The molecule has 0 radical (unpaired) electrons. The minimum atomic E-state index is -0.0861. The van der Waals surface area contributed by atoms with E-state index in [9.17, 15) is 4.79 Å². The van der Waals surface area contributed by atoms with E-state index in [1.54, 1.807) is 29.5 Å². The van der Waals surface area contributed by atoms with Gasteiger partial charge in [-0.2, -0.15) is 0 Å². The van der Waals surface area contributed by atoms with E-state index in [2.05, 4.69) is 16.7 Å². The molecule has 0 saturated carbocycles. The van der Waals surface area contributed by atoms with Crippen molar-refractivity contribution >= 4 is 34.5 Å². The Labute approximate surface area is 132 Å². The standard InChI is InChI=1S/C15H17ClN2O2S/c16-13-4-3-11(10-19)8-14(13)18-9-15(20)17-6-5-12-2-1-7-21-12/h1-4,7-8,18-19H,5-6,9-10H2,(H,17,20). The number of thiophene rings is 1. The Bertz CT molecular complexity index is 587. The van der Waals surface area contributed by atoms with Crippen LogP contribution in [-0.4, -0.2) is 24.1 Å². The van der Waals surface area contributed by atoms with Gasteiger partial charge in [0, 0.05) is 11.4 Å². The molecule has 112 valence electrons. The highest BCUT2D eigenvalue weighted by molar-refractivity contribution is 7.09. The minimum absolute atomic E-state index is 0.0567. The number of hydrogen-bond acceptors (Lipinski definition) is 4. The van der Waals surface area contributed by atoms with E-state index in [1.165, 1.54) is 4.88 Å². The van der Waals surface area contributed by atoms with Crippen molar-refractivity contribution in [2.45, 2.75) is 13.0 Å². The second kappa shape index (κ2) is 8.02. The third-order valence-corrected chi connectivity index (χ3v) is 4.19. The summed E-state index contributed by atoms with van der Waals surface area (Å²) in [5, 5.41) is 17.5. The number of carbonyl (C=O) groups excluding carboxylic acids is 1. The Morgan fingerprint density at radius 2 is 2.19 bits per heavy atom. The van der Waals surface area contributed by atoms with Gasteiger partial charge in [-0.3, -0.25) is 4.79 Å². The van der Waals surface area contributed by atoms with Crippen molar-refractivity contribution < 1.29 is 9.90 Å². The van der Waals surface area contributed by atoms with E-state index < -0.39 is 0 Å². The number of nitrogens with one attached hydrogen (secondary N) is 2. The molecule has 2 rings (SSSR count). The third kappa shape index (κ3) is 5.04. The molecule has 0 aliphatic carbocycles. The van der Waals surface area contributed by atoms with Crippen molar-refractivity contribution in [3.63, 3.8) is 0 Å². The number of rotatable bonds is 7. The van der Waals surface area contributed by atoms with E-state index >= 15 is 0 Å². The molecule has 0 aliphatic heterocycles. The highest BCUT2D eigenvalue weighted by Gasteiger charge is 2.05. The number of hydrogen-bond donors (Lipinski definition) is 3. The normalized spacial score (nSPS) is 10.4. The van der Waals surface area contributed by atoms with Gasteiger partial charge in [-0.1, -0.05) is 23.7 Å². The van der Waals surface area contributed by atoms with Crippen molar-refractivity contribution in [2.75, 3.05) is 18.4 Å². The number of aliphatic hydroxyl groups excluding tert-OH is 1. The first-order chi connectivity index (χ1) is 10.2. The van der Waals surface area contributed by atoms with E-state index in [-0.39, 0.29) is 19.1 Å². The SMILES string of the molecule is O=C(CNc1cc(CO)ccc1Cl)NCCc1cccs1. The lowest BCUT2D eigenvalue weighted by atomic mass is 10.2. The van der Waals surface area contributed by atoms with Gasteiger partial charge >= 0.3 is 0 Å². The predicted octanol–water partition coefficient (Wildman–Crippen LogP) is 2.66. The molecule has 1 heterocycles. The molecule has 0 spiro atoms. The van der Waals surface area contributed by atoms with Crippen molar-refractivity contribution in [3.8, 4) is 0 Å². The summed E-state index contributed by atoms with van der Waals surface area (Å²) >= 11 is 7.72. The van der Waals surface area contributed by atoms with Gasteiger partial charge in [-0.05, 0) is 35.6 Å². The van der Waals surface area contributed by atoms with Crippen LogP contribution in [-0.2, 0) is 17.8 Å². The van der Waals surface area contributed by atoms with Crippen LogP contribution in [0, 0.1) is 0 Å². The number of halogens is 1. The second-order valence-corrected chi connectivity index (χ2v) is 5.94. The highest BCUT2D eigenvalue weighted by Crippen LogP contribution is 2.22. The Kier molecular flexibility index (Phi) is 6.04. The molecule has 1 aromatic heterocycles. The molecule has 21 heavy (non-hydrogen) atoms. The molecule has 0 saturated heterocycles. The van der Waals surface area contributed by atoms with E-state index in [0.717, 1.165) is 12.0 Å². The van der Waals surface area contributed by atoms with Crippen LogP contribution in [0.2, 0.25) is 5.02 Å². The van der Waals surface area contributed by atoms with Crippen LogP contribution in [0.4, 0.5) is 5.69 Å².